The molecule has 2 fully saturated rings. The van der Waals surface area contributed by atoms with E-state index in [0.717, 1.165) is 75.5 Å². The normalized spacial score (nSPS) is 18.4. The Hall–Kier alpha value is -2.81. The lowest BCUT2D eigenvalue weighted by Gasteiger charge is -2.37. The zero-order valence-corrected chi connectivity index (χ0v) is 18.4. The van der Waals surface area contributed by atoms with Crippen LogP contribution in [0.3, 0.4) is 0 Å². The van der Waals surface area contributed by atoms with Crippen LogP contribution in [0.1, 0.15) is 31.2 Å². The van der Waals surface area contributed by atoms with E-state index in [9.17, 15) is 23.1 Å². The summed E-state index contributed by atoms with van der Waals surface area (Å²) in [4.78, 5) is 21.4. The summed E-state index contributed by atoms with van der Waals surface area (Å²) < 4.78 is 38.3. The first-order valence-corrected chi connectivity index (χ1v) is 11.4. The van der Waals surface area contributed by atoms with Gasteiger partial charge in [0.05, 0.1) is 5.56 Å². The van der Waals surface area contributed by atoms with Crippen molar-refractivity contribution >= 4 is 23.1 Å². The van der Waals surface area contributed by atoms with E-state index in [1.165, 1.54) is 12.1 Å². The highest BCUT2D eigenvalue weighted by molar-refractivity contribution is 5.79. The van der Waals surface area contributed by atoms with Gasteiger partial charge in [0.1, 0.15) is 5.82 Å². The van der Waals surface area contributed by atoms with Crippen molar-refractivity contribution in [3.8, 4) is 0 Å². The molecule has 6 nitrogen and oxygen atoms in total. The van der Waals surface area contributed by atoms with Crippen molar-refractivity contribution < 1.29 is 23.1 Å². The molecular weight excluding hydrogens is 433 g/mol. The first kappa shape index (κ1) is 23.4. The Balaban J connectivity index is 1.32. The number of aromatic nitrogens is 1. The lowest BCUT2D eigenvalue weighted by atomic mass is 9.92. The third-order valence-electron chi connectivity index (χ3n) is 6.60. The number of carbonyl (C=O) groups excluding carboxylic acids is 1. The van der Waals surface area contributed by atoms with Crippen LogP contribution in [0, 0.1) is 11.8 Å². The molecule has 0 bridgehead atoms. The summed E-state index contributed by atoms with van der Waals surface area (Å²) in [6.07, 6.45) is 0.567. The summed E-state index contributed by atoms with van der Waals surface area (Å²) in [7, 11) is 0. The summed E-state index contributed by atoms with van der Waals surface area (Å²) in [6, 6.07) is 8.57. The molecule has 3 heterocycles. The maximum absolute atomic E-state index is 12.9. The van der Waals surface area contributed by atoms with E-state index >= 15 is 0 Å². The predicted octanol–water partition coefficient (Wildman–Crippen LogP) is 4.29. The van der Waals surface area contributed by atoms with Gasteiger partial charge in [-0.05, 0) is 61.9 Å². The lowest BCUT2D eigenvalue weighted by Crippen LogP contribution is -2.46. The molecule has 2 saturated heterocycles. The fourth-order valence-electron chi connectivity index (χ4n) is 4.53. The molecular formula is C24H29F3N4O2. The highest BCUT2D eigenvalue weighted by Gasteiger charge is 2.31. The minimum Gasteiger partial charge on any atom is -0.396 e. The number of halogens is 3. The molecule has 2 aliphatic heterocycles. The van der Waals surface area contributed by atoms with Gasteiger partial charge in [-0.3, -0.25) is 4.79 Å². The average molecular weight is 463 g/mol. The zero-order valence-electron chi connectivity index (χ0n) is 18.4. The smallest absolute Gasteiger partial charge is 0.396 e. The van der Waals surface area contributed by atoms with Gasteiger partial charge in [0.25, 0.3) is 0 Å². The number of rotatable bonds is 5. The lowest BCUT2D eigenvalue weighted by molar-refractivity contribution is -0.138. The second kappa shape index (κ2) is 9.99. The number of hydrogen-bond donors (Lipinski definition) is 2. The van der Waals surface area contributed by atoms with E-state index in [1.54, 1.807) is 12.3 Å². The van der Waals surface area contributed by atoms with Crippen molar-refractivity contribution in [2.24, 2.45) is 11.8 Å². The van der Waals surface area contributed by atoms with Crippen molar-refractivity contribution in [2.45, 2.75) is 31.9 Å². The van der Waals surface area contributed by atoms with Crippen LogP contribution >= 0.6 is 0 Å². The average Bonchev–Trinajstić information content (AvgIpc) is 2.84. The predicted molar refractivity (Wildman–Crippen MR) is 120 cm³/mol. The highest BCUT2D eigenvalue weighted by atomic mass is 19.4. The molecule has 0 radical (unpaired) electrons. The number of nitrogens with one attached hydrogen (secondary N) is 1. The Morgan fingerprint density at radius 3 is 2.27 bits per heavy atom. The summed E-state index contributed by atoms with van der Waals surface area (Å²) in [5.74, 6) is 1.32. The third-order valence-corrected chi connectivity index (χ3v) is 6.60. The number of piperidine rings is 2. The van der Waals surface area contributed by atoms with Crippen LogP contribution in [0.4, 0.5) is 30.4 Å². The minimum absolute atomic E-state index is 0.0142. The second-order valence-electron chi connectivity index (χ2n) is 8.82. The number of amides is 1. The molecule has 9 heteroatoms. The molecule has 2 N–H and O–H groups in total. The van der Waals surface area contributed by atoms with Gasteiger partial charge in [0.2, 0.25) is 5.91 Å². The monoisotopic (exact) mass is 462 g/mol. The van der Waals surface area contributed by atoms with Crippen molar-refractivity contribution in [3.63, 3.8) is 0 Å². The SMILES string of the molecule is O=C(C1CCN(c2cc(Nc3ccc(C(F)(F)F)cc3)ccn2)CC1)N1CCC(CO)CC1. The Labute approximate surface area is 191 Å². The Morgan fingerprint density at radius 1 is 1.00 bits per heavy atom. The van der Waals surface area contributed by atoms with Crippen LogP contribution in [-0.4, -0.2) is 53.7 Å². The molecule has 0 spiro atoms. The molecule has 1 aromatic carbocycles. The van der Waals surface area contributed by atoms with E-state index in [2.05, 4.69) is 15.2 Å². The van der Waals surface area contributed by atoms with Crippen molar-refractivity contribution in [1.29, 1.82) is 0 Å². The molecule has 0 saturated carbocycles. The van der Waals surface area contributed by atoms with E-state index < -0.39 is 11.7 Å². The number of likely N-dealkylation sites (tertiary alicyclic amines) is 1. The third kappa shape index (κ3) is 5.76. The molecule has 178 valence electrons. The fourth-order valence-corrected chi connectivity index (χ4v) is 4.53. The van der Waals surface area contributed by atoms with Crippen LogP contribution in [0.5, 0.6) is 0 Å². The van der Waals surface area contributed by atoms with Gasteiger partial charge in [-0.2, -0.15) is 13.2 Å². The van der Waals surface area contributed by atoms with Crippen LogP contribution in [0.2, 0.25) is 0 Å². The first-order chi connectivity index (χ1) is 15.8. The number of hydrogen-bond acceptors (Lipinski definition) is 5. The molecule has 0 atom stereocenters. The van der Waals surface area contributed by atoms with E-state index in [0.29, 0.717) is 11.6 Å². The number of anilines is 3. The molecule has 33 heavy (non-hydrogen) atoms. The molecule has 1 aromatic heterocycles. The topological polar surface area (TPSA) is 68.7 Å². The van der Waals surface area contributed by atoms with Crippen molar-refractivity contribution in [2.75, 3.05) is 43.0 Å². The molecule has 2 aromatic rings. The van der Waals surface area contributed by atoms with Gasteiger partial charge >= 0.3 is 6.18 Å². The molecule has 0 aliphatic carbocycles. The number of carbonyl (C=O) groups is 1. The van der Waals surface area contributed by atoms with Crippen molar-refractivity contribution in [3.05, 3.63) is 48.2 Å². The zero-order chi connectivity index (χ0) is 23.4. The van der Waals surface area contributed by atoms with Gasteiger partial charge in [-0.1, -0.05) is 0 Å². The second-order valence-corrected chi connectivity index (χ2v) is 8.82. The van der Waals surface area contributed by atoms with E-state index in [4.69, 9.17) is 0 Å². The van der Waals surface area contributed by atoms with E-state index in [-0.39, 0.29) is 18.4 Å². The van der Waals surface area contributed by atoms with Crippen LogP contribution in [0.15, 0.2) is 42.6 Å². The van der Waals surface area contributed by atoms with Gasteiger partial charge in [-0.15, -0.1) is 0 Å². The van der Waals surface area contributed by atoms with Crippen LogP contribution in [-0.2, 0) is 11.0 Å². The quantitative estimate of drug-likeness (QED) is 0.694. The van der Waals surface area contributed by atoms with Gasteiger partial charge < -0.3 is 20.2 Å². The number of aliphatic hydroxyl groups is 1. The Kier molecular flexibility index (Phi) is 7.07. The maximum atomic E-state index is 12.9. The van der Waals surface area contributed by atoms with Gasteiger partial charge in [0, 0.05) is 62.3 Å². The number of alkyl halides is 3. The van der Waals surface area contributed by atoms with Crippen LogP contribution in [0.25, 0.3) is 0 Å². The molecule has 0 unspecified atom stereocenters. The highest BCUT2D eigenvalue weighted by Crippen LogP contribution is 2.31. The van der Waals surface area contributed by atoms with Gasteiger partial charge in [0.15, 0.2) is 0 Å². The summed E-state index contributed by atoms with van der Waals surface area (Å²) >= 11 is 0. The molecule has 2 aliphatic rings. The summed E-state index contributed by atoms with van der Waals surface area (Å²) in [5, 5.41) is 12.4. The maximum Gasteiger partial charge on any atom is 0.416 e. The number of benzene rings is 1. The van der Waals surface area contributed by atoms with Crippen molar-refractivity contribution in [1.82, 2.24) is 9.88 Å². The largest absolute Gasteiger partial charge is 0.416 e. The molecule has 4 rings (SSSR count). The number of nitrogens with zero attached hydrogens (tertiary/aromatic N) is 3. The van der Waals surface area contributed by atoms with Crippen LogP contribution < -0.4 is 10.2 Å². The minimum atomic E-state index is -4.36. The first-order valence-electron chi connectivity index (χ1n) is 11.4. The number of pyridine rings is 1. The summed E-state index contributed by atoms with van der Waals surface area (Å²) in [5.41, 5.74) is 0.623. The number of aliphatic hydroxyl groups excluding tert-OH is 1. The Bertz CT molecular complexity index is 935. The molecule has 1 amide bonds. The van der Waals surface area contributed by atoms with Gasteiger partial charge in [-0.25, -0.2) is 4.98 Å². The fraction of sp³-hybridized carbons (Fsp3) is 0.500. The Morgan fingerprint density at radius 2 is 1.67 bits per heavy atom. The summed E-state index contributed by atoms with van der Waals surface area (Å²) in [6.45, 7) is 3.09. The standard InChI is InChI=1S/C24H29F3N4O2/c25-24(26,27)19-1-3-20(4-2-19)29-21-5-10-28-22(15-21)30-13-8-18(9-14-30)23(33)31-11-6-17(16-32)7-12-31/h1-5,10,15,17-18,32H,6-9,11-14,16H2,(H,28,29). The van der Waals surface area contributed by atoms with E-state index in [1.807, 2.05) is 11.0 Å².